The van der Waals surface area contributed by atoms with E-state index in [-0.39, 0.29) is 17.9 Å². The lowest BCUT2D eigenvalue weighted by Gasteiger charge is -2.11. The molecule has 0 saturated carbocycles. The SMILES string of the molecule is COc1ccccc1C(=O)NC(=O)COC(=O)C[C@@H](C)c1ccccc1. The molecule has 26 heavy (non-hydrogen) atoms. The zero-order valence-electron chi connectivity index (χ0n) is 14.7. The average Bonchev–Trinajstić information content (AvgIpc) is 2.67. The van der Waals surface area contributed by atoms with Crippen molar-refractivity contribution >= 4 is 17.8 Å². The molecule has 1 atom stereocenters. The maximum atomic E-state index is 12.1. The fraction of sp³-hybridized carbons (Fsp3) is 0.250. The van der Waals surface area contributed by atoms with E-state index >= 15 is 0 Å². The van der Waals surface area contributed by atoms with Gasteiger partial charge >= 0.3 is 5.97 Å². The normalized spacial score (nSPS) is 11.3. The van der Waals surface area contributed by atoms with Crippen molar-refractivity contribution in [3.63, 3.8) is 0 Å². The Morgan fingerprint density at radius 2 is 1.65 bits per heavy atom. The molecular formula is C20H21NO5. The molecule has 0 aliphatic heterocycles. The number of carbonyl (C=O) groups is 3. The standard InChI is InChI=1S/C20H21NO5/c1-14(15-8-4-3-5-9-15)12-19(23)26-13-18(22)21-20(24)16-10-6-7-11-17(16)25-2/h3-11,14H,12-13H2,1-2H3,(H,21,22,24)/t14-/m1/s1. The van der Waals surface area contributed by atoms with Gasteiger partial charge in [-0.05, 0) is 23.6 Å². The van der Waals surface area contributed by atoms with E-state index in [0.717, 1.165) is 5.56 Å². The number of esters is 1. The molecule has 0 saturated heterocycles. The first-order chi connectivity index (χ1) is 12.5. The lowest BCUT2D eigenvalue weighted by atomic mass is 9.98. The summed E-state index contributed by atoms with van der Waals surface area (Å²) in [5, 5.41) is 2.18. The Labute approximate surface area is 152 Å². The second kappa shape index (κ2) is 9.36. The smallest absolute Gasteiger partial charge is 0.306 e. The number of amides is 2. The van der Waals surface area contributed by atoms with Gasteiger partial charge in [0.05, 0.1) is 19.1 Å². The van der Waals surface area contributed by atoms with Crippen molar-refractivity contribution in [2.75, 3.05) is 13.7 Å². The monoisotopic (exact) mass is 355 g/mol. The summed E-state index contributed by atoms with van der Waals surface area (Å²) < 4.78 is 10.0. The molecule has 0 fully saturated rings. The first-order valence-electron chi connectivity index (χ1n) is 8.19. The van der Waals surface area contributed by atoms with Crippen LogP contribution in [0.3, 0.4) is 0 Å². The number of imide groups is 1. The minimum Gasteiger partial charge on any atom is -0.496 e. The zero-order chi connectivity index (χ0) is 18.9. The summed E-state index contributed by atoms with van der Waals surface area (Å²) in [5.74, 6) is -1.47. The topological polar surface area (TPSA) is 81.7 Å². The Bertz CT molecular complexity index is 773. The van der Waals surface area contributed by atoms with Crippen LogP contribution >= 0.6 is 0 Å². The Morgan fingerprint density at radius 3 is 2.35 bits per heavy atom. The van der Waals surface area contributed by atoms with Gasteiger partial charge in [0.1, 0.15) is 5.75 Å². The second-order valence-corrected chi connectivity index (χ2v) is 5.75. The number of methoxy groups -OCH3 is 1. The third kappa shape index (κ3) is 5.44. The molecule has 0 spiro atoms. The minimum absolute atomic E-state index is 0.0260. The van der Waals surface area contributed by atoms with Gasteiger partial charge in [0.2, 0.25) is 0 Å². The van der Waals surface area contributed by atoms with E-state index in [1.807, 2.05) is 37.3 Å². The quantitative estimate of drug-likeness (QED) is 0.772. The molecule has 2 aromatic carbocycles. The molecule has 136 valence electrons. The molecule has 0 aliphatic rings. The number of carbonyl (C=O) groups excluding carboxylic acids is 3. The summed E-state index contributed by atoms with van der Waals surface area (Å²) in [6.45, 7) is 1.39. The fourth-order valence-corrected chi connectivity index (χ4v) is 2.42. The lowest BCUT2D eigenvalue weighted by Crippen LogP contribution is -2.34. The molecule has 0 bridgehead atoms. The molecule has 2 aromatic rings. The predicted molar refractivity (Wildman–Crippen MR) is 95.9 cm³/mol. The van der Waals surface area contributed by atoms with Gasteiger partial charge in [-0.3, -0.25) is 19.7 Å². The van der Waals surface area contributed by atoms with E-state index in [0.29, 0.717) is 5.75 Å². The molecule has 2 amide bonds. The summed E-state index contributed by atoms with van der Waals surface area (Å²) in [6.07, 6.45) is 0.151. The Balaban J connectivity index is 1.81. The highest BCUT2D eigenvalue weighted by atomic mass is 16.5. The van der Waals surface area contributed by atoms with Crippen LogP contribution in [0.15, 0.2) is 54.6 Å². The first kappa shape index (κ1) is 19.2. The highest BCUT2D eigenvalue weighted by Gasteiger charge is 2.17. The lowest BCUT2D eigenvalue weighted by molar-refractivity contribution is -0.148. The molecule has 0 aromatic heterocycles. The number of rotatable bonds is 7. The number of ether oxygens (including phenoxy) is 2. The van der Waals surface area contributed by atoms with Crippen LogP contribution in [0, 0.1) is 0 Å². The molecule has 0 radical (unpaired) electrons. The Morgan fingerprint density at radius 1 is 1.00 bits per heavy atom. The van der Waals surface area contributed by atoms with E-state index in [4.69, 9.17) is 9.47 Å². The van der Waals surface area contributed by atoms with Gasteiger partial charge in [-0.2, -0.15) is 0 Å². The number of para-hydroxylation sites is 1. The van der Waals surface area contributed by atoms with Gasteiger partial charge < -0.3 is 9.47 Å². The van der Waals surface area contributed by atoms with Gasteiger partial charge in [0.15, 0.2) is 6.61 Å². The molecule has 6 nitrogen and oxygen atoms in total. The molecule has 6 heteroatoms. The summed E-state index contributed by atoms with van der Waals surface area (Å²) in [4.78, 5) is 35.8. The van der Waals surface area contributed by atoms with Crippen LogP contribution in [0.5, 0.6) is 5.75 Å². The molecule has 2 rings (SSSR count). The van der Waals surface area contributed by atoms with Crippen molar-refractivity contribution in [1.29, 1.82) is 0 Å². The molecule has 0 heterocycles. The molecule has 1 N–H and O–H groups in total. The number of benzene rings is 2. The van der Waals surface area contributed by atoms with Gasteiger partial charge in [0, 0.05) is 0 Å². The summed E-state index contributed by atoms with van der Waals surface area (Å²) in [6, 6.07) is 16.1. The zero-order valence-corrected chi connectivity index (χ0v) is 14.7. The summed E-state index contributed by atoms with van der Waals surface area (Å²) in [5.41, 5.74) is 1.24. The highest BCUT2D eigenvalue weighted by Crippen LogP contribution is 2.19. The Kier molecular flexibility index (Phi) is 6.91. The number of hydrogen-bond donors (Lipinski definition) is 1. The van der Waals surface area contributed by atoms with E-state index < -0.39 is 24.4 Å². The van der Waals surface area contributed by atoms with Crippen LogP contribution in [-0.2, 0) is 14.3 Å². The predicted octanol–water partition coefficient (Wildman–Crippen LogP) is 2.69. The summed E-state index contributed by atoms with van der Waals surface area (Å²) >= 11 is 0. The van der Waals surface area contributed by atoms with Crippen LogP contribution in [0.4, 0.5) is 0 Å². The third-order valence-corrected chi connectivity index (χ3v) is 3.81. The second-order valence-electron chi connectivity index (χ2n) is 5.75. The van der Waals surface area contributed by atoms with E-state index in [9.17, 15) is 14.4 Å². The molecule has 0 unspecified atom stereocenters. The summed E-state index contributed by atoms with van der Waals surface area (Å²) in [7, 11) is 1.43. The molecular weight excluding hydrogens is 334 g/mol. The van der Waals surface area contributed by atoms with Crippen LogP contribution < -0.4 is 10.1 Å². The van der Waals surface area contributed by atoms with Crippen molar-refractivity contribution in [2.45, 2.75) is 19.3 Å². The van der Waals surface area contributed by atoms with Crippen LogP contribution in [-0.4, -0.2) is 31.5 Å². The van der Waals surface area contributed by atoms with Crippen LogP contribution in [0.25, 0.3) is 0 Å². The van der Waals surface area contributed by atoms with E-state index in [2.05, 4.69) is 5.32 Å². The van der Waals surface area contributed by atoms with Crippen molar-refractivity contribution in [3.05, 3.63) is 65.7 Å². The van der Waals surface area contributed by atoms with Gasteiger partial charge in [-0.25, -0.2) is 0 Å². The van der Waals surface area contributed by atoms with Gasteiger partial charge in [-0.15, -0.1) is 0 Å². The largest absolute Gasteiger partial charge is 0.496 e. The van der Waals surface area contributed by atoms with Crippen LogP contribution in [0.2, 0.25) is 0 Å². The average molecular weight is 355 g/mol. The number of nitrogens with one attached hydrogen (secondary N) is 1. The fourth-order valence-electron chi connectivity index (χ4n) is 2.42. The maximum Gasteiger partial charge on any atom is 0.306 e. The van der Waals surface area contributed by atoms with Crippen molar-refractivity contribution in [2.24, 2.45) is 0 Å². The van der Waals surface area contributed by atoms with Crippen molar-refractivity contribution in [1.82, 2.24) is 5.32 Å². The van der Waals surface area contributed by atoms with Crippen LogP contribution in [0.1, 0.15) is 35.2 Å². The third-order valence-electron chi connectivity index (χ3n) is 3.81. The van der Waals surface area contributed by atoms with E-state index in [1.165, 1.54) is 13.2 Å². The van der Waals surface area contributed by atoms with Gasteiger partial charge in [-0.1, -0.05) is 49.4 Å². The van der Waals surface area contributed by atoms with Crippen molar-refractivity contribution in [3.8, 4) is 5.75 Å². The van der Waals surface area contributed by atoms with Crippen molar-refractivity contribution < 1.29 is 23.9 Å². The van der Waals surface area contributed by atoms with Gasteiger partial charge in [0.25, 0.3) is 11.8 Å². The maximum absolute atomic E-state index is 12.1. The minimum atomic E-state index is -0.693. The number of hydrogen-bond acceptors (Lipinski definition) is 5. The highest BCUT2D eigenvalue weighted by molar-refractivity contribution is 6.06. The van der Waals surface area contributed by atoms with E-state index in [1.54, 1.807) is 18.2 Å². The molecule has 0 aliphatic carbocycles. The first-order valence-corrected chi connectivity index (χ1v) is 8.19. The Hall–Kier alpha value is -3.15.